The molecule has 0 radical (unpaired) electrons. The van der Waals surface area contributed by atoms with Crippen molar-refractivity contribution in [1.29, 1.82) is 0 Å². The van der Waals surface area contributed by atoms with E-state index in [0.717, 1.165) is 55.4 Å². The first-order valence-electron chi connectivity index (χ1n) is 13.7. The lowest BCUT2D eigenvalue weighted by Crippen LogP contribution is -2.23. The number of thiophene rings is 1. The molecule has 0 aliphatic heterocycles. The zero-order chi connectivity index (χ0) is 32.6. The van der Waals surface area contributed by atoms with Crippen molar-refractivity contribution in [3.8, 4) is 22.4 Å². The van der Waals surface area contributed by atoms with Gasteiger partial charge in [-0.1, -0.05) is 35.0 Å². The third-order valence-electron chi connectivity index (χ3n) is 7.26. The highest BCUT2D eigenvalue weighted by Gasteiger charge is 2.22. The Kier molecular flexibility index (Phi) is 8.95. The van der Waals surface area contributed by atoms with Gasteiger partial charge in [-0.2, -0.15) is 8.42 Å². The highest BCUT2D eigenvalue weighted by molar-refractivity contribution is 7.88. The summed E-state index contributed by atoms with van der Waals surface area (Å²) in [4.78, 5) is 23.4. The summed E-state index contributed by atoms with van der Waals surface area (Å²) in [5.41, 5.74) is 11.0. The molecule has 0 saturated heterocycles. The summed E-state index contributed by atoms with van der Waals surface area (Å²) in [7, 11) is -4.40. The third kappa shape index (κ3) is 6.69. The van der Waals surface area contributed by atoms with E-state index in [0.29, 0.717) is 33.2 Å². The minimum absolute atomic E-state index is 0.150. The molecule has 13 heteroatoms. The number of anilines is 1. The van der Waals surface area contributed by atoms with Crippen molar-refractivity contribution in [2.24, 2.45) is 0 Å². The van der Waals surface area contributed by atoms with Crippen LogP contribution in [0.3, 0.4) is 0 Å². The largest absolute Gasteiger partial charge is 0.381 e. The molecule has 5 heterocycles. The molecule has 6 rings (SSSR count). The predicted molar refractivity (Wildman–Crippen MR) is 178 cm³/mol. The number of aromatic nitrogens is 4. The summed E-state index contributed by atoms with van der Waals surface area (Å²) in [6, 6.07) is 16.1. The number of hydrogen-bond acceptors (Lipinski definition) is 9. The Morgan fingerprint density at radius 2 is 1.76 bits per heavy atom. The molecule has 0 fully saturated rings. The van der Waals surface area contributed by atoms with Gasteiger partial charge in [0.15, 0.2) is 10.0 Å². The van der Waals surface area contributed by atoms with E-state index in [2.05, 4.69) is 15.1 Å². The van der Waals surface area contributed by atoms with Crippen molar-refractivity contribution in [2.75, 3.05) is 5.73 Å². The maximum atomic E-state index is 13.7. The van der Waals surface area contributed by atoms with Gasteiger partial charge in [-0.3, -0.25) is 19.3 Å². The standard InChI is InChI=1S/C27H22ClN3O4S2.C5H8N2O/c1-15-10-25-20(17(3)30-15)13-22(24-6-4-5-9-29-24)26(32)31(25)14-18-7-8-19(23(28)12-18)21-11-16(2)36-27(21)37(33,34)35;1-3-4(2)8-7-5(3)6/h4-13H,14H2,1-3H3,(H,33,34,35);1-2H3,(H2,6,7). The van der Waals surface area contributed by atoms with Crippen LogP contribution < -0.4 is 11.3 Å². The minimum Gasteiger partial charge on any atom is -0.381 e. The molecule has 0 saturated carbocycles. The van der Waals surface area contributed by atoms with Crippen LogP contribution in [0.2, 0.25) is 5.02 Å². The van der Waals surface area contributed by atoms with Crippen molar-refractivity contribution in [3.63, 3.8) is 0 Å². The number of aryl methyl sites for hydroxylation is 4. The zero-order valence-electron chi connectivity index (χ0n) is 25.1. The van der Waals surface area contributed by atoms with Crippen LogP contribution in [0.25, 0.3) is 33.3 Å². The van der Waals surface area contributed by atoms with E-state index < -0.39 is 10.1 Å². The van der Waals surface area contributed by atoms with E-state index in [1.54, 1.807) is 54.1 Å². The lowest BCUT2D eigenvalue weighted by atomic mass is 10.0. The van der Waals surface area contributed by atoms with Gasteiger partial charge in [0.25, 0.3) is 5.56 Å². The SMILES string of the molecule is Cc1cc2c(cc(-c3ccccn3)c(=O)n2Cc2ccc(-c3cc(C)sc3S(=O)(=O)O)c(Cl)c2)c(C)n1.Cc1onc(N)c1C. The lowest BCUT2D eigenvalue weighted by Gasteiger charge is -2.16. The second-order valence-electron chi connectivity index (χ2n) is 10.5. The van der Waals surface area contributed by atoms with E-state index >= 15 is 0 Å². The summed E-state index contributed by atoms with van der Waals surface area (Å²) >= 11 is 7.60. The van der Waals surface area contributed by atoms with Crippen molar-refractivity contribution in [2.45, 2.75) is 45.4 Å². The fourth-order valence-corrected chi connectivity index (χ4v) is 7.22. The molecule has 1 aromatic carbocycles. The van der Waals surface area contributed by atoms with Crippen molar-refractivity contribution >= 4 is 49.8 Å². The number of rotatable bonds is 5. The van der Waals surface area contributed by atoms with Crippen LogP contribution in [0.5, 0.6) is 0 Å². The highest BCUT2D eigenvalue weighted by atomic mass is 35.5. The molecular formula is C32H30ClN5O5S2. The fraction of sp³-hybridized carbons (Fsp3) is 0.188. The Balaban J connectivity index is 0.000000436. The van der Waals surface area contributed by atoms with E-state index in [1.807, 2.05) is 45.9 Å². The molecule has 5 aromatic heterocycles. The van der Waals surface area contributed by atoms with Gasteiger partial charge < -0.3 is 14.8 Å². The first-order chi connectivity index (χ1) is 21.2. The van der Waals surface area contributed by atoms with Gasteiger partial charge >= 0.3 is 10.1 Å². The predicted octanol–water partition coefficient (Wildman–Crippen LogP) is 6.93. The number of pyridine rings is 3. The number of fused-ring (bicyclic) bond motifs is 1. The first-order valence-corrected chi connectivity index (χ1v) is 16.4. The summed E-state index contributed by atoms with van der Waals surface area (Å²) in [6.07, 6.45) is 1.65. The van der Waals surface area contributed by atoms with Crippen LogP contribution in [-0.4, -0.2) is 32.7 Å². The molecule has 0 spiro atoms. The molecule has 45 heavy (non-hydrogen) atoms. The molecule has 0 aliphatic rings. The van der Waals surface area contributed by atoms with Crippen molar-refractivity contribution in [1.82, 2.24) is 19.7 Å². The van der Waals surface area contributed by atoms with Crippen LogP contribution in [0, 0.1) is 34.6 Å². The quantitative estimate of drug-likeness (QED) is 0.187. The molecule has 0 bridgehead atoms. The summed E-state index contributed by atoms with van der Waals surface area (Å²) in [6.45, 7) is 9.49. The van der Waals surface area contributed by atoms with Crippen molar-refractivity contribution in [3.05, 3.63) is 109 Å². The van der Waals surface area contributed by atoms with Gasteiger partial charge in [-0.25, -0.2) is 0 Å². The molecule has 0 aliphatic carbocycles. The highest BCUT2D eigenvalue weighted by Crippen LogP contribution is 2.38. The summed E-state index contributed by atoms with van der Waals surface area (Å²) < 4.78 is 39.7. The smallest absolute Gasteiger partial charge is 0.304 e. The number of nitrogen functional groups attached to an aromatic ring is 1. The maximum absolute atomic E-state index is 13.7. The zero-order valence-corrected chi connectivity index (χ0v) is 27.5. The molecule has 0 atom stereocenters. The van der Waals surface area contributed by atoms with Gasteiger partial charge in [-0.15, -0.1) is 11.3 Å². The van der Waals surface area contributed by atoms with E-state index in [-0.39, 0.29) is 16.3 Å². The third-order valence-corrected chi connectivity index (χ3v) is 9.99. The van der Waals surface area contributed by atoms with Gasteiger partial charge in [0, 0.05) is 49.6 Å². The van der Waals surface area contributed by atoms with Crippen LogP contribution in [0.4, 0.5) is 5.82 Å². The topological polar surface area (TPSA) is 154 Å². The Labute approximate surface area is 268 Å². The molecule has 3 N–H and O–H groups in total. The van der Waals surface area contributed by atoms with Crippen LogP contribution in [0.15, 0.2) is 74.3 Å². The summed E-state index contributed by atoms with van der Waals surface area (Å²) in [5, 5.41) is 4.68. The Morgan fingerprint density at radius 1 is 1.00 bits per heavy atom. The summed E-state index contributed by atoms with van der Waals surface area (Å²) in [5.74, 6) is 1.28. The molecule has 6 aromatic rings. The average molecular weight is 664 g/mol. The normalized spacial score (nSPS) is 11.4. The Morgan fingerprint density at radius 3 is 2.33 bits per heavy atom. The van der Waals surface area contributed by atoms with Gasteiger partial charge in [0.05, 0.1) is 23.3 Å². The minimum atomic E-state index is -4.40. The molecule has 0 amide bonds. The number of halogens is 1. The fourth-order valence-electron chi connectivity index (χ4n) is 4.91. The van der Waals surface area contributed by atoms with Crippen LogP contribution in [0.1, 0.15) is 33.2 Å². The second-order valence-corrected chi connectivity index (χ2v) is 13.8. The van der Waals surface area contributed by atoms with E-state index in [9.17, 15) is 17.8 Å². The van der Waals surface area contributed by atoms with Crippen LogP contribution in [-0.2, 0) is 16.7 Å². The number of nitrogens with zero attached hydrogens (tertiary/aromatic N) is 4. The van der Waals surface area contributed by atoms with E-state index in [4.69, 9.17) is 21.9 Å². The van der Waals surface area contributed by atoms with Crippen LogP contribution >= 0.6 is 22.9 Å². The second kappa shape index (κ2) is 12.6. The number of benzene rings is 1. The maximum Gasteiger partial charge on any atom is 0.304 e. The Bertz CT molecular complexity index is 2210. The molecule has 0 unspecified atom stereocenters. The van der Waals surface area contributed by atoms with Gasteiger partial charge in [0.1, 0.15) is 5.76 Å². The lowest BCUT2D eigenvalue weighted by molar-refractivity contribution is 0.399. The van der Waals surface area contributed by atoms with Gasteiger partial charge in [0.2, 0.25) is 0 Å². The first kappa shape index (κ1) is 32.0. The van der Waals surface area contributed by atoms with Crippen molar-refractivity contribution < 1.29 is 17.5 Å². The van der Waals surface area contributed by atoms with Gasteiger partial charge in [-0.05, 0) is 76.6 Å². The van der Waals surface area contributed by atoms with E-state index in [1.165, 1.54) is 0 Å². The molecule has 232 valence electrons. The molecule has 10 nitrogen and oxygen atoms in total. The molecular weight excluding hydrogens is 634 g/mol. The number of nitrogens with two attached hydrogens (primary N) is 1. The number of hydrogen-bond donors (Lipinski definition) is 2. The Hall–Kier alpha value is -4.36. The average Bonchev–Trinajstić information content (AvgIpc) is 3.52. The monoisotopic (exact) mass is 663 g/mol.